The molecule has 0 radical (unpaired) electrons. The van der Waals surface area contributed by atoms with E-state index in [1.54, 1.807) is 0 Å². The van der Waals surface area contributed by atoms with E-state index in [9.17, 15) is 4.79 Å². The first-order valence-corrected chi connectivity index (χ1v) is 4.85. The summed E-state index contributed by atoms with van der Waals surface area (Å²) in [6.07, 6.45) is 4.00. The number of nitrogens with one attached hydrogen (secondary N) is 2. The third-order valence-corrected chi connectivity index (χ3v) is 2.33. The van der Waals surface area contributed by atoms with E-state index >= 15 is 0 Å². The van der Waals surface area contributed by atoms with Crippen molar-refractivity contribution in [3.8, 4) is 0 Å². The number of hydrogen-bond donors (Lipinski definition) is 3. The van der Waals surface area contributed by atoms with Gasteiger partial charge in [-0.15, -0.1) is 0 Å². The van der Waals surface area contributed by atoms with Gasteiger partial charge in [-0.25, -0.2) is 9.97 Å². The Morgan fingerprint density at radius 1 is 1.53 bits per heavy atom. The normalized spacial score (nSPS) is 20.1. The van der Waals surface area contributed by atoms with Crippen LogP contribution in [0.3, 0.4) is 0 Å². The third-order valence-electron chi connectivity index (χ3n) is 2.33. The molecule has 0 saturated carbocycles. The lowest BCUT2D eigenvalue weighted by molar-refractivity contribution is 0.0996. The molecule has 80 valence electrons. The molecule has 1 amide bonds. The minimum absolute atomic E-state index is 0.199. The number of carbonyl (C=O) groups is 1. The van der Waals surface area contributed by atoms with E-state index in [1.165, 1.54) is 12.4 Å². The van der Waals surface area contributed by atoms with Crippen molar-refractivity contribution in [2.75, 3.05) is 18.4 Å². The van der Waals surface area contributed by atoms with Gasteiger partial charge in [0.1, 0.15) is 0 Å². The molecular formula is C9H13N5O. The number of nitrogens with zero attached hydrogens (tertiary/aromatic N) is 2. The fourth-order valence-electron chi connectivity index (χ4n) is 1.60. The fourth-order valence-corrected chi connectivity index (χ4v) is 1.60. The summed E-state index contributed by atoms with van der Waals surface area (Å²) in [6, 6.07) is 0.291. The maximum absolute atomic E-state index is 11.1. The van der Waals surface area contributed by atoms with E-state index in [1.807, 2.05) is 0 Å². The molecule has 0 aliphatic carbocycles. The van der Waals surface area contributed by atoms with Crippen molar-refractivity contribution in [2.45, 2.75) is 12.5 Å². The molecule has 1 saturated heterocycles. The predicted molar refractivity (Wildman–Crippen MR) is 55.4 cm³/mol. The molecule has 0 bridgehead atoms. The maximum atomic E-state index is 11.1. The van der Waals surface area contributed by atoms with Gasteiger partial charge in [0, 0.05) is 25.0 Å². The molecule has 2 heterocycles. The summed E-state index contributed by atoms with van der Waals surface area (Å²) in [5.74, 6) is -0.0877. The number of anilines is 1. The molecule has 1 aliphatic rings. The van der Waals surface area contributed by atoms with E-state index in [-0.39, 0.29) is 5.69 Å². The minimum Gasteiger partial charge on any atom is -0.364 e. The van der Waals surface area contributed by atoms with Crippen molar-refractivity contribution in [1.82, 2.24) is 15.3 Å². The molecule has 0 aromatic carbocycles. The first-order chi connectivity index (χ1) is 7.27. The van der Waals surface area contributed by atoms with E-state index < -0.39 is 5.91 Å². The predicted octanol–water partition coefficient (Wildman–Crippen LogP) is -0.651. The second-order valence-corrected chi connectivity index (χ2v) is 3.45. The highest BCUT2D eigenvalue weighted by Crippen LogP contribution is 2.11. The molecule has 0 spiro atoms. The van der Waals surface area contributed by atoms with Crippen LogP contribution in [-0.4, -0.2) is 35.0 Å². The van der Waals surface area contributed by atoms with Gasteiger partial charge in [0.15, 0.2) is 11.5 Å². The molecule has 4 N–H and O–H groups in total. The zero-order valence-corrected chi connectivity index (χ0v) is 8.23. The van der Waals surface area contributed by atoms with Crippen molar-refractivity contribution in [3.05, 3.63) is 18.1 Å². The van der Waals surface area contributed by atoms with Crippen LogP contribution in [0.15, 0.2) is 12.4 Å². The highest BCUT2D eigenvalue weighted by molar-refractivity contribution is 5.95. The van der Waals surface area contributed by atoms with Crippen LogP contribution in [-0.2, 0) is 0 Å². The Labute approximate surface area is 87.3 Å². The van der Waals surface area contributed by atoms with E-state index in [0.29, 0.717) is 11.9 Å². The van der Waals surface area contributed by atoms with E-state index in [0.717, 1.165) is 19.5 Å². The molecule has 15 heavy (non-hydrogen) atoms. The second-order valence-electron chi connectivity index (χ2n) is 3.45. The van der Waals surface area contributed by atoms with Gasteiger partial charge in [0.2, 0.25) is 0 Å². The van der Waals surface area contributed by atoms with E-state index in [2.05, 4.69) is 20.6 Å². The van der Waals surface area contributed by atoms with Gasteiger partial charge >= 0.3 is 0 Å². The molecule has 1 atom stereocenters. The monoisotopic (exact) mass is 207 g/mol. The molecule has 6 nitrogen and oxygen atoms in total. The fraction of sp³-hybridized carbons (Fsp3) is 0.444. The van der Waals surface area contributed by atoms with Crippen molar-refractivity contribution in [1.29, 1.82) is 0 Å². The highest BCUT2D eigenvalue weighted by atomic mass is 16.1. The van der Waals surface area contributed by atoms with Crippen LogP contribution in [0.2, 0.25) is 0 Å². The number of hydrogen-bond acceptors (Lipinski definition) is 5. The number of carbonyl (C=O) groups excluding carboxylic acids is 1. The molecule has 1 fully saturated rings. The summed E-state index contributed by atoms with van der Waals surface area (Å²) < 4.78 is 0. The van der Waals surface area contributed by atoms with Gasteiger partial charge in [-0.05, 0) is 13.0 Å². The van der Waals surface area contributed by atoms with Crippen molar-refractivity contribution >= 4 is 11.7 Å². The molecule has 1 aromatic heterocycles. The summed E-state index contributed by atoms with van der Waals surface area (Å²) in [7, 11) is 0. The number of amides is 1. The Balaban J connectivity index is 2.15. The van der Waals surface area contributed by atoms with Gasteiger partial charge in [-0.3, -0.25) is 4.79 Å². The van der Waals surface area contributed by atoms with E-state index in [4.69, 9.17) is 5.73 Å². The SMILES string of the molecule is NC(=O)c1nccnc1NC1CCNC1. The van der Waals surface area contributed by atoms with Crippen molar-refractivity contribution in [2.24, 2.45) is 5.73 Å². The Morgan fingerprint density at radius 2 is 2.33 bits per heavy atom. The number of nitrogens with two attached hydrogens (primary N) is 1. The summed E-state index contributed by atoms with van der Waals surface area (Å²) in [6.45, 7) is 1.85. The minimum atomic E-state index is -0.559. The Hall–Kier alpha value is -1.69. The van der Waals surface area contributed by atoms with Crippen LogP contribution in [0.5, 0.6) is 0 Å². The first kappa shape index (κ1) is 9.85. The van der Waals surface area contributed by atoms with Gasteiger partial charge in [0.25, 0.3) is 5.91 Å². The van der Waals surface area contributed by atoms with Crippen LogP contribution in [0, 0.1) is 0 Å². The first-order valence-electron chi connectivity index (χ1n) is 4.85. The summed E-state index contributed by atoms with van der Waals surface area (Å²) in [5, 5.41) is 6.37. The van der Waals surface area contributed by atoms with Gasteiger partial charge in [-0.2, -0.15) is 0 Å². The molecule has 6 heteroatoms. The van der Waals surface area contributed by atoms with Gasteiger partial charge in [0.05, 0.1) is 0 Å². The standard InChI is InChI=1S/C9H13N5O/c10-8(15)7-9(13-4-3-12-7)14-6-1-2-11-5-6/h3-4,6,11H,1-2,5H2,(H2,10,15)(H,13,14). The zero-order chi connectivity index (χ0) is 10.7. The maximum Gasteiger partial charge on any atom is 0.271 e. The Bertz CT molecular complexity index is 361. The summed E-state index contributed by atoms with van der Waals surface area (Å²) in [5.41, 5.74) is 5.39. The Morgan fingerprint density at radius 3 is 3.00 bits per heavy atom. The smallest absolute Gasteiger partial charge is 0.271 e. The van der Waals surface area contributed by atoms with Crippen LogP contribution in [0.4, 0.5) is 5.82 Å². The lowest BCUT2D eigenvalue weighted by atomic mass is 10.2. The van der Waals surface area contributed by atoms with Crippen molar-refractivity contribution < 1.29 is 4.79 Å². The molecule has 2 rings (SSSR count). The average Bonchev–Trinajstić information content (AvgIpc) is 2.71. The topological polar surface area (TPSA) is 92.9 Å². The summed E-state index contributed by atoms with van der Waals surface area (Å²) in [4.78, 5) is 19.0. The number of rotatable bonds is 3. The van der Waals surface area contributed by atoms with Crippen LogP contribution in [0.25, 0.3) is 0 Å². The lowest BCUT2D eigenvalue weighted by Crippen LogP contribution is -2.25. The zero-order valence-electron chi connectivity index (χ0n) is 8.23. The molecule has 1 unspecified atom stereocenters. The van der Waals surface area contributed by atoms with Crippen LogP contribution in [0.1, 0.15) is 16.9 Å². The highest BCUT2D eigenvalue weighted by Gasteiger charge is 2.18. The van der Waals surface area contributed by atoms with Crippen molar-refractivity contribution in [3.63, 3.8) is 0 Å². The third kappa shape index (κ3) is 2.21. The Kier molecular flexibility index (Phi) is 2.77. The molecular weight excluding hydrogens is 194 g/mol. The largest absolute Gasteiger partial charge is 0.364 e. The average molecular weight is 207 g/mol. The van der Waals surface area contributed by atoms with Crippen LogP contribution >= 0.6 is 0 Å². The van der Waals surface area contributed by atoms with Gasteiger partial charge < -0.3 is 16.4 Å². The van der Waals surface area contributed by atoms with Gasteiger partial charge in [-0.1, -0.05) is 0 Å². The molecule has 1 aliphatic heterocycles. The quantitative estimate of drug-likeness (QED) is 0.612. The lowest BCUT2D eigenvalue weighted by Gasteiger charge is -2.12. The molecule has 1 aromatic rings. The number of aromatic nitrogens is 2. The van der Waals surface area contributed by atoms with Crippen LogP contribution < -0.4 is 16.4 Å². The summed E-state index contributed by atoms with van der Waals surface area (Å²) >= 11 is 0. The number of primary amides is 1. The second kappa shape index (κ2) is 4.22.